The minimum atomic E-state index is -1.14. The summed E-state index contributed by atoms with van der Waals surface area (Å²) in [5.41, 5.74) is 2.56. The minimum Gasteiger partial charge on any atom is -0.392 e. The van der Waals surface area contributed by atoms with E-state index in [1.807, 2.05) is 24.3 Å². The molecule has 3 atom stereocenters. The molecular weight excluding hydrogens is 469 g/mol. The second-order valence-electron chi connectivity index (χ2n) is 10.9. The Hall–Kier alpha value is -3.06. The van der Waals surface area contributed by atoms with E-state index in [1.165, 1.54) is 42.7 Å². The summed E-state index contributed by atoms with van der Waals surface area (Å²) in [4.78, 5) is 33.3. The molecule has 0 spiro atoms. The second kappa shape index (κ2) is 11.1. The molecule has 0 bridgehead atoms. The summed E-state index contributed by atoms with van der Waals surface area (Å²) in [7, 11) is 1.67. The maximum Gasteiger partial charge on any atom is 0.272 e. The standard InChI is InChI=1S/C30H36FN3O3/c1-34-25-9-5-4-8-23(25)27(21-13-15-22(31)16-14-21)32-28(30(34)37)33-29(36)24(18-20-10-11-20)26(35)17-12-19-6-2-3-7-19/h4-5,8-9,13-16,19-20,24,26,28,35H,2-3,6-7,10-12,17-18H2,1H3,(H,33,36)/t24-,26+,28-/m1/s1. The van der Waals surface area contributed by atoms with E-state index in [2.05, 4.69) is 5.32 Å². The number of carbonyl (C=O) groups is 2. The number of para-hydroxylation sites is 1. The number of likely N-dealkylation sites (N-methyl/N-ethyl adjacent to an activating group) is 1. The Morgan fingerprint density at radius 1 is 1.08 bits per heavy atom. The number of anilines is 1. The first kappa shape index (κ1) is 25.6. The van der Waals surface area contributed by atoms with Gasteiger partial charge in [-0.3, -0.25) is 9.59 Å². The third-order valence-electron chi connectivity index (χ3n) is 8.17. The van der Waals surface area contributed by atoms with Crippen molar-refractivity contribution in [2.45, 2.75) is 70.1 Å². The zero-order valence-corrected chi connectivity index (χ0v) is 21.4. The van der Waals surface area contributed by atoms with E-state index in [4.69, 9.17) is 4.99 Å². The third kappa shape index (κ3) is 5.93. The lowest BCUT2D eigenvalue weighted by atomic mass is 9.89. The van der Waals surface area contributed by atoms with Crippen molar-refractivity contribution in [1.29, 1.82) is 0 Å². The Kier molecular flexibility index (Phi) is 7.70. The predicted octanol–water partition coefficient (Wildman–Crippen LogP) is 4.83. The lowest BCUT2D eigenvalue weighted by Crippen LogP contribution is -2.49. The number of benzodiazepines with no additional fused rings is 1. The Morgan fingerprint density at radius 2 is 1.78 bits per heavy atom. The molecule has 3 aliphatic rings. The number of halogens is 1. The number of hydrogen-bond acceptors (Lipinski definition) is 4. The van der Waals surface area contributed by atoms with Crippen LogP contribution in [0.4, 0.5) is 10.1 Å². The zero-order chi connectivity index (χ0) is 25.9. The second-order valence-corrected chi connectivity index (χ2v) is 10.9. The summed E-state index contributed by atoms with van der Waals surface area (Å²) >= 11 is 0. The van der Waals surface area contributed by atoms with Gasteiger partial charge in [0.1, 0.15) is 5.82 Å². The molecule has 0 radical (unpaired) electrons. The van der Waals surface area contributed by atoms with Gasteiger partial charge in [0, 0.05) is 18.2 Å². The first-order chi connectivity index (χ1) is 17.9. The van der Waals surface area contributed by atoms with Crippen molar-refractivity contribution in [2.24, 2.45) is 22.7 Å². The Labute approximate surface area is 218 Å². The fourth-order valence-corrected chi connectivity index (χ4v) is 5.75. The number of nitrogens with zero attached hydrogens (tertiary/aromatic N) is 2. The van der Waals surface area contributed by atoms with E-state index in [0.717, 1.165) is 24.8 Å². The van der Waals surface area contributed by atoms with Crippen LogP contribution in [0.3, 0.4) is 0 Å². The summed E-state index contributed by atoms with van der Waals surface area (Å²) < 4.78 is 13.7. The van der Waals surface area contributed by atoms with Crippen LogP contribution in [-0.2, 0) is 9.59 Å². The average molecular weight is 506 g/mol. The van der Waals surface area contributed by atoms with Crippen molar-refractivity contribution in [3.63, 3.8) is 0 Å². The molecule has 196 valence electrons. The monoisotopic (exact) mass is 505 g/mol. The molecule has 0 unspecified atom stereocenters. The number of aliphatic hydroxyl groups excluding tert-OH is 1. The molecular formula is C30H36FN3O3. The van der Waals surface area contributed by atoms with Crippen molar-refractivity contribution in [1.82, 2.24) is 5.32 Å². The van der Waals surface area contributed by atoms with Crippen LogP contribution in [0.25, 0.3) is 0 Å². The normalized spacial score (nSPS) is 21.7. The molecule has 1 heterocycles. The van der Waals surface area contributed by atoms with Crippen molar-refractivity contribution < 1.29 is 19.1 Å². The van der Waals surface area contributed by atoms with Crippen LogP contribution in [0, 0.1) is 23.6 Å². The van der Waals surface area contributed by atoms with Crippen molar-refractivity contribution >= 4 is 23.2 Å². The van der Waals surface area contributed by atoms with E-state index >= 15 is 0 Å². The van der Waals surface area contributed by atoms with E-state index < -0.39 is 18.2 Å². The van der Waals surface area contributed by atoms with Gasteiger partial charge in [-0.05, 0) is 61.4 Å². The van der Waals surface area contributed by atoms with E-state index in [9.17, 15) is 19.1 Å². The predicted molar refractivity (Wildman–Crippen MR) is 142 cm³/mol. The molecule has 2 aromatic carbocycles. The van der Waals surface area contributed by atoms with Crippen LogP contribution in [0.5, 0.6) is 0 Å². The molecule has 1 aliphatic heterocycles. The van der Waals surface area contributed by atoms with Gasteiger partial charge in [0.15, 0.2) is 0 Å². The van der Waals surface area contributed by atoms with Gasteiger partial charge in [0.05, 0.1) is 23.4 Å². The van der Waals surface area contributed by atoms with Gasteiger partial charge >= 0.3 is 0 Å². The van der Waals surface area contributed by atoms with Gasteiger partial charge in [-0.25, -0.2) is 9.38 Å². The first-order valence-corrected chi connectivity index (χ1v) is 13.6. The maximum atomic E-state index is 13.7. The van der Waals surface area contributed by atoms with Gasteiger partial charge in [-0.15, -0.1) is 0 Å². The highest BCUT2D eigenvalue weighted by Gasteiger charge is 2.37. The molecule has 2 aliphatic carbocycles. The number of nitrogens with one attached hydrogen (secondary N) is 1. The molecule has 2 fully saturated rings. The fraction of sp³-hybridized carbons (Fsp3) is 0.500. The van der Waals surface area contributed by atoms with Gasteiger partial charge in [-0.2, -0.15) is 0 Å². The smallest absolute Gasteiger partial charge is 0.272 e. The van der Waals surface area contributed by atoms with Crippen LogP contribution >= 0.6 is 0 Å². The Balaban J connectivity index is 1.40. The summed E-state index contributed by atoms with van der Waals surface area (Å²) in [6, 6.07) is 13.4. The quantitative estimate of drug-likeness (QED) is 0.512. The summed E-state index contributed by atoms with van der Waals surface area (Å²) in [5.74, 6) is -0.528. The molecule has 5 rings (SSSR count). The topological polar surface area (TPSA) is 82.0 Å². The highest BCUT2D eigenvalue weighted by Crippen LogP contribution is 2.38. The number of aliphatic hydroxyl groups is 1. The van der Waals surface area contributed by atoms with Gasteiger partial charge < -0.3 is 15.3 Å². The summed E-state index contributed by atoms with van der Waals surface area (Å²) in [6.45, 7) is 0. The average Bonchev–Trinajstić information content (AvgIpc) is 3.60. The zero-order valence-electron chi connectivity index (χ0n) is 21.4. The molecule has 0 aromatic heterocycles. The lowest BCUT2D eigenvalue weighted by Gasteiger charge is -2.26. The van der Waals surface area contributed by atoms with Gasteiger partial charge in [0.2, 0.25) is 12.1 Å². The molecule has 6 nitrogen and oxygen atoms in total. The van der Waals surface area contributed by atoms with Gasteiger partial charge in [0.25, 0.3) is 5.91 Å². The third-order valence-corrected chi connectivity index (χ3v) is 8.17. The summed E-state index contributed by atoms with van der Waals surface area (Å²) in [6.07, 6.45) is 7.34. The Bertz CT molecular complexity index is 1150. The molecule has 2 aromatic rings. The number of hydrogen-bond donors (Lipinski definition) is 2. The van der Waals surface area contributed by atoms with E-state index in [1.54, 1.807) is 19.2 Å². The maximum absolute atomic E-state index is 13.7. The largest absolute Gasteiger partial charge is 0.392 e. The number of aliphatic imine (C=N–C) groups is 1. The molecule has 2 amide bonds. The lowest BCUT2D eigenvalue weighted by molar-refractivity contribution is -0.133. The first-order valence-electron chi connectivity index (χ1n) is 13.6. The Morgan fingerprint density at radius 3 is 2.49 bits per heavy atom. The molecule has 2 saturated carbocycles. The van der Waals surface area contributed by atoms with Crippen LogP contribution in [0.2, 0.25) is 0 Å². The van der Waals surface area contributed by atoms with Crippen molar-refractivity contribution in [2.75, 3.05) is 11.9 Å². The highest BCUT2D eigenvalue weighted by molar-refractivity contribution is 6.20. The van der Waals surface area contributed by atoms with E-state index in [0.29, 0.717) is 41.6 Å². The van der Waals surface area contributed by atoms with Crippen molar-refractivity contribution in [3.05, 3.63) is 65.5 Å². The van der Waals surface area contributed by atoms with Crippen LogP contribution < -0.4 is 10.2 Å². The highest BCUT2D eigenvalue weighted by atomic mass is 19.1. The van der Waals surface area contributed by atoms with Crippen LogP contribution in [0.1, 0.15) is 68.9 Å². The minimum absolute atomic E-state index is 0.328. The molecule has 2 N–H and O–H groups in total. The SMILES string of the molecule is CN1C(=O)[C@@H](NC(=O)[C@H](CC2CC2)[C@@H](O)CCC2CCCC2)N=C(c2ccc(F)cc2)c2ccccc21. The number of rotatable bonds is 9. The van der Waals surface area contributed by atoms with Crippen LogP contribution in [0.15, 0.2) is 53.5 Å². The number of amides is 2. The molecule has 0 saturated heterocycles. The number of fused-ring (bicyclic) bond motifs is 1. The molecule has 37 heavy (non-hydrogen) atoms. The van der Waals surface area contributed by atoms with Crippen LogP contribution in [-0.4, -0.2) is 41.9 Å². The van der Waals surface area contributed by atoms with Gasteiger partial charge in [-0.1, -0.05) is 56.7 Å². The van der Waals surface area contributed by atoms with Crippen molar-refractivity contribution in [3.8, 4) is 0 Å². The fourth-order valence-electron chi connectivity index (χ4n) is 5.75. The number of carbonyl (C=O) groups excluding carboxylic acids is 2. The molecule has 7 heteroatoms. The number of benzene rings is 2. The summed E-state index contributed by atoms with van der Waals surface area (Å²) in [5, 5.41) is 14.0. The van der Waals surface area contributed by atoms with E-state index in [-0.39, 0.29) is 17.6 Å².